The molecular formula is C25H21Cl2N3O2S. The summed E-state index contributed by atoms with van der Waals surface area (Å²) >= 11 is 14.2. The molecule has 0 saturated heterocycles. The normalized spacial score (nSPS) is 21.2. The molecule has 0 spiro atoms. The van der Waals surface area contributed by atoms with Crippen LogP contribution in [0, 0.1) is 12.8 Å². The van der Waals surface area contributed by atoms with E-state index in [0.717, 1.165) is 53.0 Å². The zero-order valence-electron chi connectivity index (χ0n) is 17.8. The van der Waals surface area contributed by atoms with E-state index in [4.69, 9.17) is 28.3 Å². The molecule has 5 rings (SSSR count). The van der Waals surface area contributed by atoms with Crippen LogP contribution in [-0.2, 0) is 0 Å². The highest BCUT2D eigenvalue weighted by Gasteiger charge is 2.44. The average Bonchev–Trinajstić information content (AvgIpc) is 3.37. The van der Waals surface area contributed by atoms with Gasteiger partial charge in [-0.15, -0.1) is 0 Å². The van der Waals surface area contributed by atoms with Crippen LogP contribution in [0.3, 0.4) is 0 Å². The van der Waals surface area contributed by atoms with Crippen molar-refractivity contribution in [2.45, 2.75) is 32.2 Å². The lowest BCUT2D eigenvalue weighted by Gasteiger charge is -2.30. The van der Waals surface area contributed by atoms with Gasteiger partial charge in [-0.05, 0) is 61.1 Å². The Kier molecular flexibility index (Phi) is 5.99. The lowest BCUT2D eigenvalue weighted by Crippen LogP contribution is -2.28. The SMILES string of the molecule is Cc1nc(N2N=C3C(=Cc4ccccc4Cl)CCCC3C2c2ccccc2Cl)sc1C(=O)O. The maximum atomic E-state index is 11.7. The lowest BCUT2D eigenvalue weighted by atomic mass is 9.77. The number of aryl methyl sites for hydroxylation is 1. The van der Waals surface area contributed by atoms with Gasteiger partial charge in [-0.2, -0.15) is 5.10 Å². The molecule has 0 radical (unpaired) electrons. The van der Waals surface area contributed by atoms with E-state index in [-0.39, 0.29) is 16.8 Å². The van der Waals surface area contributed by atoms with Crippen LogP contribution >= 0.6 is 34.5 Å². The summed E-state index contributed by atoms with van der Waals surface area (Å²) in [4.78, 5) is 16.5. The molecular weight excluding hydrogens is 477 g/mol. The summed E-state index contributed by atoms with van der Waals surface area (Å²) in [6.07, 6.45) is 5.00. The summed E-state index contributed by atoms with van der Waals surface area (Å²) in [5.41, 5.74) is 4.55. The standard InChI is InChI=1S/C25H21Cl2N3O2S/c1-14-23(24(31)32)33-25(28-14)30-22(17-9-3-5-12-20(17)27)18-10-6-8-16(21(18)29-30)13-15-7-2-4-11-19(15)26/h2-5,7,9,11-13,18,22H,6,8,10H2,1H3,(H,31,32). The number of carboxylic acids is 1. The Hall–Kier alpha value is -2.67. The average molecular weight is 498 g/mol. The number of halogens is 2. The molecule has 1 aliphatic heterocycles. The Labute approximate surface area is 206 Å². The molecule has 8 heteroatoms. The molecule has 0 bridgehead atoms. The molecule has 1 fully saturated rings. The number of allylic oxidation sites excluding steroid dienone is 1. The van der Waals surface area contributed by atoms with Gasteiger partial charge in [0.2, 0.25) is 5.13 Å². The van der Waals surface area contributed by atoms with Gasteiger partial charge in [0, 0.05) is 16.0 Å². The Morgan fingerprint density at radius 2 is 1.88 bits per heavy atom. The number of fused-ring (bicyclic) bond motifs is 1. The molecule has 2 atom stereocenters. The van der Waals surface area contributed by atoms with Crippen molar-refractivity contribution in [3.8, 4) is 0 Å². The first-order chi connectivity index (χ1) is 15.9. The fraction of sp³-hybridized carbons (Fsp3) is 0.240. The monoisotopic (exact) mass is 497 g/mol. The number of carboxylic acid groups (broad SMARTS) is 1. The first kappa shape index (κ1) is 22.1. The number of rotatable bonds is 4. The minimum Gasteiger partial charge on any atom is -0.477 e. The highest BCUT2D eigenvalue weighted by atomic mass is 35.5. The molecule has 2 unspecified atom stereocenters. The van der Waals surface area contributed by atoms with Crippen LogP contribution in [-0.4, -0.2) is 21.8 Å². The smallest absolute Gasteiger partial charge is 0.347 e. The van der Waals surface area contributed by atoms with E-state index in [1.54, 1.807) is 6.92 Å². The summed E-state index contributed by atoms with van der Waals surface area (Å²) < 4.78 is 0. The van der Waals surface area contributed by atoms with Gasteiger partial charge in [0.25, 0.3) is 0 Å². The Morgan fingerprint density at radius 3 is 2.58 bits per heavy atom. The largest absolute Gasteiger partial charge is 0.477 e. The van der Waals surface area contributed by atoms with Crippen molar-refractivity contribution >= 4 is 57.4 Å². The summed E-state index contributed by atoms with van der Waals surface area (Å²) in [5.74, 6) is -0.862. The van der Waals surface area contributed by atoms with Crippen molar-refractivity contribution in [2.24, 2.45) is 11.0 Å². The summed E-state index contributed by atoms with van der Waals surface area (Å²) in [6.45, 7) is 1.72. The van der Waals surface area contributed by atoms with Crippen LogP contribution in [0.25, 0.3) is 6.08 Å². The summed E-state index contributed by atoms with van der Waals surface area (Å²) in [7, 11) is 0. The molecule has 0 amide bonds. The number of aromatic nitrogens is 1. The van der Waals surface area contributed by atoms with Gasteiger partial charge in [0.05, 0.1) is 17.4 Å². The molecule has 5 nitrogen and oxygen atoms in total. The minimum absolute atomic E-state index is 0.116. The summed E-state index contributed by atoms with van der Waals surface area (Å²) in [5, 5.41) is 18.4. The molecule has 2 aromatic carbocycles. The molecule has 1 saturated carbocycles. The number of benzene rings is 2. The Morgan fingerprint density at radius 1 is 1.15 bits per heavy atom. The van der Waals surface area contributed by atoms with Crippen molar-refractivity contribution in [1.82, 2.24) is 4.98 Å². The predicted molar refractivity (Wildman–Crippen MR) is 135 cm³/mol. The van der Waals surface area contributed by atoms with Gasteiger partial charge in [-0.3, -0.25) is 0 Å². The molecule has 1 aliphatic carbocycles. The number of hydrogen-bond donors (Lipinski definition) is 1. The van der Waals surface area contributed by atoms with E-state index in [1.165, 1.54) is 0 Å². The van der Waals surface area contributed by atoms with Crippen LogP contribution in [0.4, 0.5) is 5.13 Å². The van der Waals surface area contributed by atoms with Gasteiger partial charge < -0.3 is 5.11 Å². The van der Waals surface area contributed by atoms with Crippen LogP contribution in [0.2, 0.25) is 10.0 Å². The molecule has 3 aromatic rings. The fourth-order valence-corrected chi connectivity index (χ4v) is 5.97. The van der Waals surface area contributed by atoms with E-state index < -0.39 is 5.97 Å². The third kappa shape index (κ3) is 4.07. The number of nitrogens with zero attached hydrogens (tertiary/aromatic N) is 3. The molecule has 2 aliphatic rings. The van der Waals surface area contributed by atoms with Crippen molar-refractivity contribution in [3.05, 3.63) is 85.8 Å². The Balaban J connectivity index is 1.64. The Bertz CT molecular complexity index is 1300. The van der Waals surface area contributed by atoms with Crippen molar-refractivity contribution in [2.75, 3.05) is 5.01 Å². The van der Waals surface area contributed by atoms with E-state index in [0.29, 0.717) is 20.9 Å². The van der Waals surface area contributed by atoms with Gasteiger partial charge in [-0.25, -0.2) is 14.8 Å². The van der Waals surface area contributed by atoms with E-state index >= 15 is 0 Å². The second-order valence-corrected chi connectivity index (χ2v) is 9.99. The van der Waals surface area contributed by atoms with E-state index in [9.17, 15) is 9.90 Å². The van der Waals surface area contributed by atoms with Crippen LogP contribution in [0.5, 0.6) is 0 Å². The molecule has 1 aromatic heterocycles. The first-order valence-electron chi connectivity index (χ1n) is 10.7. The molecule has 2 heterocycles. The number of carbonyl (C=O) groups is 1. The maximum Gasteiger partial charge on any atom is 0.347 e. The predicted octanol–water partition coefficient (Wildman–Crippen LogP) is 7.26. The van der Waals surface area contributed by atoms with Crippen LogP contribution in [0.15, 0.2) is 59.2 Å². The first-order valence-corrected chi connectivity index (χ1v) is 12.3. The van der Waals surface area contributed by atoms with E-state index in [2.05, 4.69) is 11.1 Å². The second-order valence-electron chi connectivity index (χ2n) is 8.20. The van der Waals surface area contributed by atoms with Gasteiger partial charge in [-0.1, -0.05) is 70.9 Å². The number of hydrogen-bond acceptors (Lipinski definition) is 5. The highest BCUT2D eigenvalue weighted by Crippen LogP contribution is 2.48. The number of anilines is 1. The third-order valence-electron chi connectivity index (χ3n) is 6.14. The highest BCUT2D eigenvalue weighted by molar-refractivity contribution is 7.17. The molecule has 168 valence electrons. The third-order valence-corrected chi connectivity index (χ3v) is 7.96. The fourth-order valence-electron chi connectivity index (χ4n) is 4.64. The number of hydrazone groups is 1. The minimum atomic E-state index is -0.978. The number of aromatic carboxylic acids is 1. The van der Waals surface area contributed by atoms with Crippen LogP contribution < -0.4 is 5.01 Å². The summed E-state index contributed by atoms with van der Waals surface area (Å²) in [6, 6.07) is 15.4. The quantitative estimate of drug-likeness (QED) is 0.411. The second kappa shape index (κ2) is 8.93. The van der Waals surface area contributed by atoms with Gasteiger partial charge in [0.15, 0.2) is 0 Å². The van der Waals surface area contributed by atoms with Crippen molar-refractivity contribution in [1.29, 1.82) is 0 Å². The molecule has 33 heavy (non-hydrogen) atoms. The maximum absolute atomic E-state index is 11.7. The number of thiazole rings is 1. The zero-order valence-corrected chi connectivity index (χ0v) is 20.2. The van der Waals surface area contributed by atoms with E-state index in [1.807, 2.05) is 53.5 Å². The van der Waals surface area contributed by atoms with Crippen molar-refractivity contribution < 1.29 is 9.90 Å². The topological polar surface area (TPSA) is 65.8 Å². The van der Waals surface area contributed by atoms with Gasteiger partial charge in [0.1, 0.15) is 4.88 Å². The van der Waals surface area contributed by atoms with Crippen LogP contribution in [0.1, 0.15) is 51.8 Å². The zero-order chi connectivity index (χ0) is 23.1. The van der Waals surface area contributed by atoms with Crippen molar-refractivity contribution in [3.63, 3.8) is 0 Å². The lowest BCUT2D eigenvalue weighted by molar-refractivity contribution is 0.0701. The molecule has 1 N–H and O–H groups in total. The van der Waals surface area contributed by atoms with Gasteiger partial charge >= 0.3 is 5.97 Å².